The Hall–Kier alpha value is -1.25. The van der Waals surface area contributed by atoms with E-state index >= 15 is 0 Å². The zero-order valence-electron chi connectivity index (χ0n) is 7.58. The zero-order valence-corrected chi connectivity index (χ0v) is 7.58. The number of carbonyl (C=O) groups is 1. The van der Waals surface area contributed by atoms with Gasteiger partial charge in [-0.3, -0.25) is 4.79 Å². The highest BCUT2D eigenvalue weighted by Gasteiger charge is 2.29. The summed E-state index contributed by atoms with van der Waals surface area (Å²) >= 11 is 0. The second kappa shape index (κ2) is 3.24. The summed E-state index contributed by atoms with van der Waals surface area (Å²) in [5.74, 6) is 2.01. The number of methoxy groups -OCH3 is 1. The molecule has 13 heavy (non-hydrogen) atoms. The van der Waals surface area contributed by atoms with Gasteiger partial charge in [0, 0.05) is 12.3 Å². The molecule has 0 radical (unpaired) electrons. The van der Waals surface area contributed by atoms with Gasteiger partial charge in [-0.25, -0.2) is 0 Å². The molecule has 0 spiro atoms. The number of allylic oxidation sites excluding steroid dienone is 3. The van der Waals surface area contributed by atoms with Gasteiger partial charge in [-0.05, 0) is 12.5 Å². The minimum atomic E-state index is 0.180. The average Bonchev–Trinajstić information content (AvgIpc) is 2.16. The van der Waals surface area contributed by atoms with Crippen molar-refractivity contribution in [2.45, 2.75) is 12.8 Å². The quantitative estimate of drug-likeness (QED) is 0.612. The van der Waals surface area contributed by atoms with Crippen LogP contribution in [0.1, 0.15) is 12.8 Å². The van der Waals surface area contributed by atoms with Crippen molar-refractivity contribution in [2.75, 3.05) is 13.7 Å². The molecule has 0 N–H and O–H groups in total. The van der Waals surface area contributed by atoms with E-state index in [1.165, 1.54) is 0 Å². The second-order valence-corrected chi connectivity index (χ2v) is 3.30. The fraction of sp³-hybridized carbons (Fsp3) is 0.500. The summed E-state index contributed by atoms with van der Waals surface area (Å²) in [5.41, 5.74) is 0. The average molecular weight is 180 g/mol. The largest absolute Gasteiger partial charge is 0.493 e. The molecular weight excluding hydrogens is 168 g/mol. The van der Waals surface area contributed by atoms with Gasteiger partial charge in [0.1, 0.15) is 12.4 Å². The Labute approximate surface area is 77.0 Å². The molecule has 1 atom stereocenters. The summed E-state index contributed by atoms with van der Waals surface area (Å²) in [6, 6.07) is 0. The molecule has 0 aromatic heterocycles. The van der Waals surface area contributed by atoms with Crippen LogP contribution in [0.4, 0.5) is 0 Å². The van der Waals surface area contributed by atoms with Crippen LogP contribution in [-0.2, 0) is 14.3 Å². The third-order valence-corrected chi connectivity index (χ3v) is 2.39. The van der Waals surface area contributed by atoms with E-state index in [-0.39, 0.29) is 18.3 Å². The van der Waals surface area contributed by atoms with Crippen LogP contribution in [0.2, 0.25) is 0 Å². The lowest BCUT2D eigenvalue weighted by molar-refractivity contribution is -0.126. The van der Waals surface area contributed by atoms with Gasteiger partial charge in [0.05, 0.1) is 7.11 Å². The van der Waals surface area contributed by atoms with Gasteiger partial charge in [-0.15, -0.1) is 0 Å². The molecule has 0 aromatic carbocycles. The smallest absolute Gasteiger partial charge is 0.170 e. The summed E-state index contributed by atoms with van der Waals surface area (Å²) < 4.78 is 10.5. The molecule has 3 nitrogen and oxygen atoms in total. The van der Waals surface area contributed by atoms with E-state index in [1.54, 1.807) is 7.11 Å². The molecule has 1 heterocycles. The number of ether oxygens (including phenoxy) is 2. The maximum atomic E-state index is 11.1. The van der Waals surface area contributed by atoms with E-state index in [9.17, 15) is 4.79 Å². The fourth-order valence-corrected chi connectivity index (χ4v) is 1.76. The van der Waals surface area contributed by atoms with Crippen LogP contribution in [0.5, 0.6) is 0 Å². The highest BCUT2D eigenvalue weighted by Crippen LogP contribution is 2.32. The number of carbonyl (C=O) groups excluding carboxylic acids is 1. The maximum Gasteiger partial charge on any atom is 0.170 e. The maximum absolute atomic E-state index is 11.1. The summed E-state index contributed by atoms with van der Waals surface area (Å²) in [4.78, 5) is 11.1. The van der Waals surface area contributed by atoms with Crippen molar-refractivity contribution >= 4 is 5.78 Å². The molecule has 1 saturated heterocycles. The van der Waals surface area contributed by atoms with Crippen molar-refractivity contribution in [3.63, 3.8) is 0 Å². The van der Waals surface area contributed by atoms with Gasteiger partial charge in [-0.1, -0.05) is 6.08 Å². The number of ketones is 1. The summed E-state index contributed by atoms with van der Waals surface area (Å²) in [6.07, 6.45) is 5.40. The first kappa shape index (κ1) is 8.35. The Kier molecular flexibility index (Phi) is 2.08. The second-order valence-electron chi connectivity index (χ2n) is 3.30. The van der Waals surface area contributed by atoms with E-state index in [0.29, 0.717) is 6.42 Å². The molecule has 70 valence electrons. The van der Waals surface area contributed by atoms with Gasteiger partial charge in [0.25, 0.3) is 0 Å². The van der Waals surface area contributed by atoms with Crippen molar-refractivity contribution in [3.05, 3.63) is 23.7 Å². The Morgan fingerprint density at radius 3 is 3.23 bits per heavy atom. The number of fused-ring (bicyclic) bond motifs is 1. The molecule has 0 aromatic rings. The number of hydrogen-bond donors (Lipinski definition) is 0. The van der Waals surface area contributed by atoms with Crippen LogP contribution in [0, 0.1) is 5.92 Å². The van der Waals surface area contributed by atoms with E-state index in [1.807, 2.05) is 12.2 Å². The summed E-state index contributed by atoms with van der Waals surface area (Å²) in [6.45, 7) is 0.201. The molecule has 1 aliphatic heterocycles. The van der Waals surface area contributed by atoms with Gasteiger partial charge in [0.2, 0.25) is 0 Å². The highest BCUT2D eigenvalue weighted by molar-refractivity contribution is 5.81. The number of hydrogen-bond acceptors (Lipinski definition) is 3. The lowest BCUT2D eigenvalue weighted by Crippen LogP contribution is -2.26. The zero-order chi connectivity index (χ0) is 9.26. The molecule has 1 fully saturated rings. The molecule has 1 aliphatic carbocycles. The monoisotopic (exact) mass is 180 g/mol. The van der Waals surface area contributed by atoms with Crippen LogP contribution in [-0.4, -0.2) is 19.5 Å². The topological polar surface area (TPSA) is 35.5 Å². The first-order valence-corrected chi connectivity index (χ1v) is 4.40. The Bertz CT molecular complexity index is 289. The van der Waals surface area contributed by atoms with Crippen molar-refractivity contribution < 1.29 is 14.3 Å². The summed E-state index contributed by atoms with van der Waals surface area (Å²) in [5, 5.41) is 0. The van der Waals surface area contributed by atoms with Crippen molar-refractivity contribution in [1.29, 1.82) is 0 Å². The van der Waals surface area contributed by atoms with Crippen LogP contribution >= 0.6 is 0 Å². The van der Waals surface area contributed by atoms with Gasteiger partial charge >= 0.3 is 0 Å². The number of Topliss-reactive ketones (excluding diaryl/α,β-unsaturated/α-hetero) is 1. The Balaban J connectivity index is 2.25. The molecule has 2 rings (SSSR count). The van der Waals surface area contributed by atoms with Gasteiger partial charge < -0.3 is 9.47 Å². The Morgan fingerprint density at radius 2 is 2.46 bits per heavy atom. The standard InChI is InChI=1S/C10H12O3/c1-12-9-4-2-3-7-5-8(11)6-13-10(7)9/h2,4,7H,3,5-6H2,1H3. The van der Waals surface area contributed by atoms with Crippen LogP contribution < -0.4 is 0 Å². The van der Waals surface area contributed by atoms with Crippen LogP contribution in [0.15, 0.2) is 23.7 Å². The Morgan fingerprint density at radius 1 is 1.62 bits per heavy atom. The predicted molar refractivity (Wildman–Crippen MR) is 46.9 cm³/mol. The fourth-order valence-electron chi connectivity index (χ4n) is 1.76. The normalized spacial score (nSPS) is 26.8. The first-order valence-electron chi connectivity index (χ1n) is 4.40. The molecule has 3 heteroatoms. The summed E-state index contributed by atoms with van der Waals surface area (Å²) in [7, 11) is 1.62. The van der Waals surface area contributed by atoms with E-state index in [0.717, 1.165) is 17.9 Å². The lowest BCUT2D eigenvalue weighted by atomic mass is 9.90. The third-order valence-electron chi connectivity index (χ3n) is 2.39. The molecule has 2 aliphatic rings. The highest BCUT2D eigenvalue weighted by atomic mass is 16.5. The van der Waals surface area contributed by atoms with E-state index in [2.05, 4.69) is 0 Å². The molecule has 0 amide bonds. The molecule has 1 unspecified atom stereocenters. The minimum absolute atomic E-state index is 0.180. The van der Waals surface area contributed by atoms with Crippen LogP contribution in [0.3, 0.4) is 0 Å². The van der Waals surface area contributed by atoms with Gasteiger partial charge in [0.15, 0.2) is 11.5 Å². The minimum Gasteiger partial charge on any atom is -0.493 e. The third kappa shape index (κ3) is 1.46. The molecule has 0 saturated carbocycles. The van der Waals surface area contributed by atoms with Crippen molar-refractivity contribution in [2.24, 2.45) is 5.92 Å². The molecular formula is C10H12O3. The number of rotatable bonds is 1. The van der Waals surface area contributed by atoms with E-state index < -0.39 is 0 Å². The predicted octanol–water partition coefficient (Wildman–Crippen LogP) is 1.41. The molecule has 0 bridgehead atoms. The van der Waals surface area contributed by atoms with Gasteiger partial charge in [-0.2, -0.15) is 0 Å². The lowest BCUT2D eigenvalue weighted by Gasteiger charge is -2.27. The van der Waals surface area contributed by atoms with E-state index in [4.69, 9.17) is 9.47 Å². The van der Waals surface area contributed by atoms with Crippen molar-refractivity contribution in [3.8, 4) is 0 Å². The van der Waals surface area contributed by atoms with Crippen LogP contribution in [0.25, 0.3) is 0 Å². The van der Waals surface area contributed by atoms with Crippen molar-refractivity contribution in [1.82, 2.24) is 0 Å². The SMILES string of the molecule is COC1=C2OCC(=O)CC2CC=C1. The first-order chi connectivity index (χ1) is 6.31.